The second-order valence-electron chi connectivity index (χ2n) is 4.77. The van der Waals surface area contributed by atoms with Gasteiger partial charge in [-0.1, -0.05) is 43.1 Å². The van der Waals surface area contributed by atoms with Crippen LogP contribution < -0.4 is 11.1 Å². The van der Waals surface area contributed by atoms with Gasteiger partial charge in [0, 0.05) is 12.1 Å². The van der Waals surface area contributed by atoms with Gasteiger partial charge in [-0.3, -0.25) is 4.79 Å². The van der Waals surface area contributed by atoms with Crippen LogP contribution in [0.15, 0.2) is 18.2 Å². The molecule has 0 aliphatic heterocycles. The van der Waals surface area contributed by atoms with Crippen molar-refractivity contribution in [3.63, 3.8) is 0 Å². The molecular weight excluding hydrogens is 283 g/mol. The Labute approximate surface area is 124 Å². The summed E-state index contributed by atoms with van der Waals surface area (Å²) in [6.45, 7) is 4.53. The quantitative estimate of drug-likeness (QED) is 0.848. The molecule has 0 saturated heterocycles. The van der Waals surface area contributed by atoms with Crippen LogP contribution in [0.2, 0.25) is 10.0 Å². The predicted molar refractivity (Wildman–Crippen MR) is 80.7 cm³/mol. The molecule has 3 N–H and O–H groups in total. The Morgan fingerprint density at radius 3 is 2.42 bits per heavy atom. The van der Waals surface area contributed by atoms with E-state index in [0.29, 0.717) is 16.6 Å². The Balaban J connectivity index is 2.53. The first-order valence-electron chi connectivity index (χ1n) is 6.39. The normalized spacial score (nSPS) is 11.4. The summed E-state index contributed by atoms with van der Waals surface area (Å²) in [6.07, 6.45) is 1.94. The van der Waals surface area contributed by atoms with Gasteiger partial charge in [0.15, 0.2) is 0 Å². The predicted octanol–water partition coefficient (Wildman–Crippen LogP) is 3.17. The van der Waals surface area contributed by atoms with Crippen molar-refractivity contribution in [1.29, 1.82) is 0 Å². The summed E-state index contributed by atoms with van der Waals surface area (Å²) in [4.78, 5) is 11.8. The van der Waals surface area contributed by atoms with Gasteiger partial charge in [-0.25, -0.2) is 0 Å². The summed E-state index contributed by atoms with van der Waals surface area (Å²) in [5.41, 5.74) is 6.64. The first-order chi connectivity index (χ1) is 8.90. The SMILES string of the molecule is CCC(N)(CC)CNC(=O)Cc1ccc(Cl)c(Cl)c1. The van der Waals surface area contributed by atoms with E-state index in [1.807, 2.05) is 13.8 Å². The number of halogens is 2. The lowest BCUT2D eigenvalue weighted by Crippen LogP contribution is -2.49. The van der Waals surface area contributed by atoms with E-state index in [0.717, 1.165) is 18.4 Å². The molecule has 1 aromatic rings. The van der Waals surface area contributed by atoms with Gasteiger partial charge in [0.25, 0.3) is 0 Å². The van der Waals surface area contributed by atoms with Gasteiger partial charge < -0.3 is 11.1 Å². The molecule has 5 heteroatoms. The number of nitrogens with one attached hydrogen (secondary N) is 1. The fraction of sp³-hybridized carbons (Fsp3) is 0.500. The van der Waals surface area contributed by atoms with Crippen molar-refractivity contribution in [3.8, 4) is 0 Å². The molecule has 0 atom stereocenters. The van der Waals surface area contributed by atoms with E-state index < -0.39 is 0 Å². The zero-order valence-electron chi connectivity index (χ0n) is 11.3. The molecule has 0 bridgehead atoms. The second kappa shape index (κ2) is 7.13. The number of carbonyl (C=O) groups is 1. The Morgan fingerprint density at radius 2 is 1.89 bits per heavy atom. The van der Waals surface area contributed by atoms with Crippen molar-refractivity contribution < 1.29 is 4.79 Å². The fourth-order valence-corrected chi connectivity index (χ4v) is 1.99. The first-order valence-corrected chi connectivity index (χ1v) is 7.15. The molecule has 0 fully saturated rings. The first kappa shape index (κ1) is 16.3. The fourth-order valence-electron chi connectivity index (χ4n) is 1.67. The average Bonchev–Trinajstić information content (AvgIpc) is 2.40. The highest BCUT2D eigenvalue weighted by Gasteiger charge is 2.20. The van der Waals surface area contributed by atoms with Crippen LogP contribution in [0.1, 0.15) is 32.3 Å². The minimum Gasteiger partial charge on any atom is -0.354 e. The molecule has 0 saturated carbocycles. The molecule has 19 heavy (non-hydrogen) atoms. The largest absolute Gasteiger partial charge is 0.354 e. The minimum absolute atomic E-state index is 0.0601. The minimum atomic E-state index is -0.326. The molecule has 1 rings (SSSR count). The van der Waals surface area contributed by atoms with Gasteiger partial charge in [-0.05, 0) is 30.5 Å². The lowest BCUT2D eigenvalue weighted by atomic mass is 9.94. The zero-order valence-corrected chi connectivity index (χ0v) is 12.8. The average molecular weight is 303 g/mol. The maximum Gasteiger partial charge on any atom is 0.224 e. The van der Waals surface area contributed by atoms with E-state index in [9.17, 15) is 4.79 Å². The number of amides is 1. The highest BCUT2D eigenvalue weighted by atomic mass is 35.5. The van der Waals surface area contributed by atoms with Crippen LogP contribution in [-0.4, -0.2) is 18.0 Å². The molecule has 0 radical (unpaired) electrons. The summed E-state index contributed by atoms with van der Waals surface area (Å²) in [7, 11) is 0. The monoisotopic (exact) mass is 302 g/mol. The third kappa shape index (κ3) is 5.01. The Bertz CT molecular complexity index is 445. The molecule has 0 spiro atoms. The highest BCUT2D eigenvalue weighted by molar-refractivity contribution is 6.42. The maximum atomic E-state index is 11.8. The molecule has 0 unspecified atom stereocenters. The smallest absolute Gasteiger partial charge is 0.224 e. The van der Waals surface area contributed by atoms with Crippen LogP contribution in [0.25, 0.3) is 0 Å². The number of nitrogens with two attached hydrogens (primary N) is 1. The molecule has 0 aliphatic rings. The van der Waals surface area contributed by atoms with Crippen LogP contribution >= 0.6 is 23.2 Å². The van der Waals surface area contributed by atoms with E-state index in [-0.39, 0.29) is 17.9 Å². The van der Waals surface area contributed by atoms with Gasteiger partial charge in [0.2, 0.25) is 5.91 Å². The van der Waals surface area contributed by atoms with Crippen molar-refractivity contribution in [2.75, 3.05) is 6.54 Å². The van der Waals surface area contributed by atoms with Crippen molar-refractivity contribution in [3.05, 3.63) is 33.8 Å². The molecule has 0 heterocycles. The highest BCUT2D eigenvalue weighted by Crippen LogP contribution is 2.22. The summed E-state index contributed by atoms with van der Waals surface area (Å²) in [5, 5.41) is 3.82. The van der Waals surface area contributed by atoms with Crippen LogP contribution in [0.3, 0.4) is 0 Å². The van der Waals surface area contributed by atoms with E-state index in [1.165, 1.54) is 0 Å². The standard InChI is InChI=1S/C14H20Cl2N2O/c1-3-14(17,4-2)9-18-13(19)8-10-5-6-11(15)12(16)7-10/h5-7H,3-4,8-9,17H2,1-2H3,(H,18,19). The lowest BCUT2D eigenvalue weighted by Gasteiger charge is -2.26. The topological polar surface area (TPSA) is 55.1 Å². The molecule has 0 aliphatic carbocycles. The maximum absolute atomic E-state index is 11.8. The van der Waals surface area contributed by atoms with Gasteiger partial charge in [0.1, 0.15) is 0 Å². The van der Waals surface area contributed by atoms with Crippen LogP contribution in [0.4, 0.5) is 0 Å². The molecule has 0 aromatic heterocycles. The Morgan fingerprint density at radius 1 is 1.26 bits per heavy atom. The van der Waals surface area contributed by atoms with E-state index >= 15 is 0 Å². The number of hydrogen-bond acceptors (Lipinski definition) is 2. The van der Waals surface area contributed by atoms with Gasteiger partial charge in [0.05, 0.1) is 16.5 Å². The van der Waals surface area contributed by atoms with Crippen LogP contribution in [0, 0.1) is 0 Å². The third-order valence-electron chi connectivity index (χ3n) is 3.39. The third-order valence-corrected chi connectivity index (χ3v) is 4.13. The van der Waals surface area contributed by atoms with Crippen LogP contribution in [0.5, 0.6) is 0 Å². The van der Waals surface area contributed by atoms with Gasteiger partial charge >= 0.3 is 0 Å². The zero-order chi connectivity index (χ0) is 14.5. The molecule has 1 amide bonds. The van der Waals surface area contributed by atoms with E-state index in [4.69, 9.17) is 28.9 Å². The van der Waals surface area contributed by atoms with E-state index in [1.54, 1.807) is 18.2 Å². The van der Waals surface area contributed by atoms with Gasteiger partial charge in [-0.2, -0.15) is 0 Å². The summed E-state index contributed by atoms with van der Waals surface area (Å²) >= 11 is 11.7. The van der Waals surface area contributed by atoms with Crippen molar-refractivity contribution >= 4 is 29.1 Å². The number of hydrogen-bond donors (Lipinski definition) is 2. The number of rotatable bonds is 6. The van der Waals surface area contributed by atoms with Crippen molar-refractivity contribution in [2.24, 2.45) is 5.73 Å². The molecule has 1 aromatic carbocycles. The number of carbonyl (C=O) groups excluding carboxylic acids is 1. The second-order valence-corrected chi connectivity index (χ2v) is 5.59. The summed E-state index contributed by atoms with van der Waals surface area (Å²) in [6, 6.07) is 5.19. The van der Waals surface area contributed by atoms with E-state index in [2.05, 4.69) is 5.32 Å². The number of benzene rings is 1. The Kier molecular flexibility index (Phi) is 6.11. The van der Waals surface area contributed by atoms with Crippen LogP contribution in [-0.2, 0) is 11.2 Å². The van der Waals surface area contributed by atoms with Gasteiger partial charge in [-0.15, -0.1) is 0 Å². The molecule has 106 valence electrons. The Hall–Kier alpha value is -0.770. The van der Waals surface area contributed by atoms with Crippen molar-refractivity contribution in [1.82, 2.24) is 5.32 Å². The molecular formula is C14H20Cl2N2O. The van der Waals surface area contributed by atoms with Crippen molar-refractivity contribution in [2.45, 2.75) is 38.6 Å². The summed E-state index contributed by atoms with van der Waals surface area (Å²) in [5.74, 6) is -0.0601. The lowest BCUT2D eigenvalue weighted by molar-refractivity contribution is -0.120. The summed E-state index contributed by atoms with van der Waals surface area (Å²) < 4.78 is 0. The molecule has 3 nitrogen and oxygen atoms in total.